The average molecular weight is 216 g/mol. The summed E-state index contributed by atoms with van der Waals surface area (Å²) in [6.45, 7) is 3.59. The molecule has 0 atom stereocenters. The van der Waals surface area contributed by atoms with Crippen molar-refractivity contribution >= 4 is 11.6 Å². The van der Waals surface area contributed by atoms with Crippen LogP contribution in [0.25, 0.3) is 0 Å². The Morgan fingerprint density at radius 2 is 2.14 bits per heavy atom. The fraction of sp³-hybridized carbons (Fsp3) is 0.455. The average Bonchev–Trinajstić information content (AvgIpc) is 2.10. The normalized spacial score (nSPS) is 10.9. The van der Waals surface area contributed by atoms with Gasteiger partial charge in [0.25, 0.3) is 0 Å². The summed E-state index contributed by atoms with van der Waals surface area (Å²) in [6, 6.07) is 4.89. The van der Waals surface area contributed by atoms with Gasteiger partial charge in [0, 0.05) is 19.0 Å². The quantitative estimate of drug-likeness (QED) is 0.699. The standard InChI is InChI=1S/C11H15ClFN/c1-9-7-11(13)4-3-10(9)8-14(2)6-5-12/h3-4,7H,5-6,8H2,1-2H3. The molecule has 0 aromatic heterocycles. The molecule has 0 aliphatic heterocycles. The third-order valence-electron chi connectivity index (χ3n) is 2.21. The van der Waals surface area contributed by atoms with E-state index in [1.165, 1.54) is 6.07 Å². The second-order valence-corrected chi connectivity index (χ2v) is 3.88. The van der Waals surface area contributed by atoms with Crippen LogP contribution in [0.3, 0.4) is 0 Å². The molecule has 0 unspecified atom stereocenters. The molecule has 1 aromatic rings. The molecule has 14 heavy (non-hydrogen) atoms. The van der Waals surface area contributed by atoms with E-state index in [1.54, 1.807) is 6.07 Å². The smallest absolute Gasteiger partial charge is 0.123 e. The topological polar surface area (TPSA) is 3.24 Å². The van der Waals surface area contributed by atoms with Gasteiger partial charge in [-0.15, -0.1) is 11.6 Å². The zero-order chi connectivity index (χ0) is 10.6. The van der Waals surface area contributed by atoms with Gasteiger partial charge < -0.3 is 4.90 Å². The third-order valence-corrected chi connectivity index (χ3v) is 2.38. The van der Waals surface area contributed by atoms with Crippen molar-refractivity contribution in [3.8, 4) is 0 Å². The van der Waals surface area contributed by atoms with E-state index in [-0.39, 0.29) is 5.82 Å². The van der Waals surface area contributed by atoms with Crippen LogP contribution in [0.2, 0.25) is 0 Å². The molecular formula is C11H15ClFN. The molecule has 0 N–H and O–H groups in total. The van der Waals surface area contributed by atoms with Gasteiger partial charge in [-0.05, 0) is 37.2 Å². The van der Waals surface area contributed by atoms with E-state index in [9.17, 15) is 4.39 Å². The summed E-state index contributed by atoms with van der Waals surface area (Å²) in [7, 11) is 2.01. The van der Waals surface area contributed by atoms with Gasteiger partial charge in [-0.2, -0.15) is 0 Å². The first-order valence-corrected chi connectivity index (χ1v) is 5.16. The molecule has 0 saturated carbocycles. The Hall–Kier alpha value is -0.600. The van der Waals surface area contributed by atoms with E-state index in [4.69, 9.17) is 11.6 Å². The molecule has 78 valence electrons. The lowest BCUT2D eigenvalue weighted by Crippen LogP contribution is -2.20. The van der Waals surface area contributed by atoms with Crippen LogP contribution in [0.1, 0.15) is 11.1 Å². The van der Waals surface area contributed by atoms with Crippen molar-refractivity contribution in [2.45, 2.75) is 13.5 Å². The van der Waals surface area contributed by atoms with Gasteiger partial charge in [0.1, 0.15) is 5.82 Å². The van der Waals surface area contributed by atoms with E-state index < -0.39 is 0 Å². The Balaban J connectivity index is 2.67. The molecule has 3 heteroatoms. The van der Waals surface area contributed by atoms with Crippen LogP contribution >= 0.6 is 11.6 Å². The third kappa shape index (κ3) is 3.28. The Morgan fingerprint density at radius 1 is 1.43 bits per heavy atom. The van der Waals surface area contributed by atoms with Crippen LogP contribution in [0.5, 0.6) is 0 Å². The molecule has 0 fully saturated rings. The molecule has 0 aliphatic carbocycles. The summed E-state index contributed by atoms with van der Waals surface area (Å²) in [5, 5.41) is 0. The lowest BCUT2D eigenvalue weighted by molar-refractivity contribution is 0.347. The maximum absolute atomic E-state index is 12.8. The van der Waals surface area contributed by atoms with E-state index in [0.717, 1.165) is 24.2 Å². The van der Waals surface area contributed by atoms with Gasteiger partial charge in [0.05, 0.1) is 0 Å². The molecule has 0 bridgehead atoms. The van der Waals surface area contributed by atoms with Crippen LogP contribution in [-0.2, 0) is 6.54 Å². The van der Waals surface area contributed by atoms with Crippen molar-refractivity contribution in [1.82, 2.24) is 4.90 Å². The first kappa shape index (κ1) is 11.5. The van der Waals surface area contributed by atoms with Gasteiger partial charge in [-0.25, -0.2) is 4.39 Å². The lowest BCUT2D eigenvalue weighted by Gasteiger charge is -2.16. The summed E-state index contributed by atoms with van der Waals surface area (Å²) >= 11 is 5.63. The molecule has 1 nitrogen and oxygen atoms in total. The SMILES string of the molecule is Cc1cc(F)ccc1CN(C)CCCl. The summed E-state index contributed by atoms with van der Waals surface area (Å²) in [5.74, 6) is 0.447. The molecule has 0 saturated heterocycles. The maximum Gasteiger partial charge on any atom is 0.123 e. The minimum Gasteiger partial charge on any atom is -0.301 e. The first-order chi connectivity index (χ1) is 6.63. The Bertz CT molecular complexity index is 301. The number of rotatable bonds is 4. The molecular weight excluding hydrogens is 201 g/mol. The van der Waals surface area contributed by atoms with E-state index in [2.05, 4.69) is 4.90 Å². The number of benzene rings is 1. The fourth-order valence-corrected chi connectivity index (χ4v) is 1.64. The van der Waals surface area contributed by atoms with Gasteiger partial charge >= 0.3 is 0 Å². The minimum atomic E-state index is -0.175. The predicted molar refractivity (Wildman–Crippen MR) is 58.2 cm³/mol. The highest BCUT2D eigenvalue weighted by molar-refractivity contribution is 6.18. The summed E-state index contributed by atoms with van der Waals surface area (Å²) in [4.78, 5) is 2.12. The maximum atomic E-state index is 12.8. The molecule has 0 aliphatic rings. The van der Waals surface area contributed by atoms with E-state index in [1.807, 2.05) is 20.0 Å². The zero-order valence-corrected chi connectivity index (χ0v) is 9.31. The summed E-state index contributed by atoms with van der Waals surface area (Å²) in [5.41, 5.74) is 2.14. The number of alkyl halides is 1. The number of halogens is 2. The summed E-state index contributed by atoms with van der Waals surface area (Å²) in [6.07, 6.45) is 0. The van der Waals surface area contributed by atoms with Crippen molar-refractivity contribution in [3.05, 3.63) is 35.1 Å². The predicted octanol–water partition coefficient (Wildman–Crippen LogP) is 2.80. The van der Waals surface area contributed by atoms with Gasteiger partial charge in [-0.3, -0.25) is 0 Å². The van der Waals surface area contributed by atoms with Gasteiger partial charge in [0.15, 0.2) is 0 Å². The van der Waals surface area contributed by atoms with E-state index in [0.29, 0.717) is 5.88 Å². The number of hydrogen-bond acceptors (Lipinski definition) is 1. The van der Waals surface area contributed by atoms with Crippen LogP contribution in [-0.4, -0.2) is 24.4 Å². The molecule has 1 aromatic carbocycles. The van der Waals surface area contributed by atoms with Crippen molar-refractivity contribution in [3.63, 3.8) is 0 Å². The highest BCUT2D eigenvalue weighted by Gasteiger charge is 2.03. The highest BCUT2D eigenvalue weighted by Crippen LogP contribution is 2.11. The Labute approximate surface area is 89.5 Å². The Kier molecular flexibility index (Phi) is 4.36. The largest absolute Gasteiger partial charge is 0.301 e. The lowest BCUT2D eigenvalue weighted by atomic mass is 10.1. The summed E-state index contributed by atoms with van der Waals surface area (Å²) < 4.78 is 12.8. The van der Waals surface area contributed by atoms with Crippen LogP contribution in [0, 0.1) is 12.7 Å². The van der Waals surface area contributed by atoms with Crippen molar-refractivity contribution in [2.24, 2.45) is 0 Å². The monoisotopic (exact) mass is 215 g/mol. The van der Waals surface area contributed by atoms with Gasteiger partial charge in [-0.1, -0.05) is 6.07 Å². The fourth-order valence-electron chi connectivity index (χ4n) is 1.35. The Morgan fingerprint density at radius 3 is 2.71 bits per heavy atom. The zero-order valence-electron chi connectivity index (χ0n) is 8.56. The molecule has 0 radical (unpaired) electrons. The second kappa shape index (κ2) is 5.32. The molecule has 0 heterocycles. The van der Waals surface area contributed by atoms with Gasteiger partial charge in [0.2, 0.25) is 0 Å². The van der Waals surface area contributed by atoms with Crippen LogP contribution in [0.4, 0.5) is 4.39 Å². The van der Waals surface area contributed by atoms with Crippen LogP contribution < -0.4 is 0 Å². The second-order valence-electron chi connectivity index (χ2n) is 3.50. The first-order valence-electron chi connectivity index (χ1n) is 4.63. The molecule has 0 spiro atoms. The molecule has 0 amide bonds. The number of nitrogens with zero attached hydrogens (tertiary/aromatic N) is 1. The van der Waals surface area contributed by atoms with Crippen molar-refractivity contribution in [1.29, 1.82) is 0 Å². The van der Waals surface area contributed by atoms with Crippen molar-refractivity contribution < 1.29 is 4.39 Å². The number of aryl methyl sites for hydroxylation is 1. The number of hydrogen-bond donors (Lipinski definition) is 0. The molecule has 1 rings (SSSR count). The minimum absolute atomic E-state index is 0.175. The van der Waals surface area contributed by atoms with Crippen LogP contribution in [0.15, 0.2) is 18.2 Å². The highest BCUT2D eigenvalue weighted by atomic mass is 35.5. The van der Waals surface area contributed by atoms with Crippen molar-refractivity contribution in [2.75, 3.05) is 19.5 Å². The van der Waals surface area contributed by atoms with E-state index >= 15 is 0 Å².